The lowest BCUT2D eigenvalue weighted by Crippen LogP contribution is -2.20. The van der Waals surface area contributed by atoms with Gasteiger partial charge in [-0.3, -0.25) is 4.98 Å². The van der Waals surface area contributed by atoms with E-state index in [9.17, 15) is 0 Å². The largest absolute Gasteiger partial charge is 0.309 e. The van der Waals surface area contributed by atoms with Crippen LogP contribution in [0.25, 0.3) is 0 Å². The highest BCUT2D eigenvalue weighted by molar-refractivity contribution is 5.40. The van der Waals surface area contributed by atoms with Crippen LogP contribution in [0.15, 0.2) is 30.3 Å². The van der Waals surface area contributed by atoms with Crippen molar-refractivity contribution in [1.29, 1.82) is 0 Å². The first kappa shape index (κ1) is 13.8. The summed E-state index contributed by atoms with van der Waals surface area (Å²) < 4.78 is 0. The maximum atomic E-state index is 4.58. The highest BCUT2D eigenvalue weighted by atomic mass is 14.9. The third-order valence-electron chi connectivity index (χ3n) is 3.61. The van der Waals surface area contributed by atoms with Gasteiger partial charge in [0.05, 0.1) is 6.04 Å². The average Bonchev–Trinajstić information content (AvgIpc) is 2.36. The van der Waals surface area contributed by atoms with Crippen LogP contribution in [0.4, 0.5) is 0 Å². The molecule has 0 radical (unpaired) electrons. The fraction of sp³-hybridized carbons (Fsp3) is 0.353. The van der Waals surface area contributed by atoms with Gasteiger partial charge >= 0.3 is 0 Å². The number of nitrogens with zero attached hydrogens (tertiary/aromatic N) is 1. The van der Waals surface area contributed by atoms with Crippen molar-refractivity contribution in [2.24, 2.45) is 0 Å². The maximum absolute atomic E-state index is 4.58. The molecule has 1 aromatic carbocycles. The summed E-state index contributed by atoms with van der Waals surface area (Å²) in [6.45, 7) is 8.41. The molecule has 2 rings (SSSR count). The lowest BCUT2D eigenvalue weighted by atomic mass is 9.93. The van der Waals surface area contributed by atoms with E-state index in [2.05, 4.69) is 61.4 Å². The van der Waals surface area contributed by atoms with Crippen LogP contribution in [-0.2, 0) is 0 Å². The summed E-state index contributed by atoms with van der Waals surface area (Å²) in [5, 5.41) is 3.42. The fourth-order valence-electron chi connectivity index (χ4n) is 2.55. The van der Waals surface area contributed by atoms with Crippen LogP contribution in [0.1, 0.15) is 39.7 Å². The van der Waals surface area contributed by atoms with Gasteiger partial charge in [0.1, 0.15) is 0 Å². The Morgan fingerprint density at radius 3 is 2.32 bits per heavy atom. The Bertz CT molecular complexity index is 588. The molecule has 0 fully saturated rings. The predicted octanol–water partition coefficient (Wildman–Crippen LogP) is 3.62. The van der Waals surface area contributed by atoms with E-state index in [0.717, 1.165) is 11.4 Å². The van der Waals surface area contributed by atoms with Crippen LogP contribution in [0.5, 0.6) is 0 Å². The minimum Gasteiger partial charge on any atom is -0.309 e. The molecule has 0 aliphatic carbocycles. The van der Waals surface area contributed by atoms with E-state index in [-0.39, 0.29) is 6.04 Å². The summed E-state index contributed by atoms with van der Waals surface area (Å²) >= 11 is 0. The average molecular weight is 254 g/mol. The monoisotopic (exact) mass is 254 g/mol. The Hall–Kier alpha value is -1.67. The number of aryl methyl sites for hydroxylation is 4. The van der Waals surface area contributed by atoms with Crippen molar-refractivity contribution in [3.63, 3.8) is 0 Å². The SMILES string of the molecule is CNC(c1cc(C)ccc1C)c1ccc(C)nc1C. The molecule has 0 spiro atoms. The second-order valence-corrected chi connectivity index (χ2v) is 5.21. The van der Waals surface area contributed by atoms with Gasteiger partial charge in [-0.05, 0) is 57.5 Å². The first-order valence-corrected chi connectivity index (χ1v) is 6.71. The van der Waals surface area contributed by atoms with Crippen molar-refractivity contribution in [3.8, 4) is 0 Å². The van der Waals surface area contributed by atoms with Crippen molar-refractivity contribution in [2.75, 3.05) is 7.05 Å². The molecule has 1 unspecified atom stereocenters. The topological polar surface area (TPSA) is 24.9 Å². The Balaban J connectivity index is 2.52. The third kappa shape index (κ3) is 2.85. The molecule has 100 valence electrons. The van der Waals surface area contributed by atoms with E-state index >= 15 is 0 Å². The lowest BCUT2D eigenvalue weighted by molar-refractivity contribution is 0.677. The van der Waals surface area contributed by atoms with Crippen LogP contribution in [0.2, 0.25) is 0 Å². The molecule has 2 aromatic rings. The zero-order valence-corrected chi connectivity index (χ0v) is 12.4. The molecule has 0 saturated carbocycles. The van der Waals surface area contributed by atoms with Crippen molar-refractivity contribution in [2.45, 2.75) is 33.7 Å². The molecule has 0 amide bonds. The van der Waals surface area contributed by atoms with E-state index in [1.165, 1.54) is 22.3 Å². The highest BCUT2D eigenvalue weighted by Gasteiger charge is 2.17. The molecule has 0 saturated heterocycles. The van der Waals surface area contributed by atoms with Gasteiger partial charge in [-0.25, -0.2) is 0 Å². The molecule has 0 bridgehead atoms. The molecule has 1 atom stereocenters. The Labute approximate surface area is 115 Å². The lowest BCUT2D eigenvalue weighted by Gasteiger charge is -2.21. The summed E-state index contributed by atoms with van der Waals surface area (Å²) in [7, 11) is 2.01. The van der Waals surface area contributed by atoms with Crippen LogP contribution in [-0.4, -0.2) is 12.0 Å². The van der Waals surface area contributed by atoms with Crippen LogP contribution < -0.4 is 5.32 Å². The summed E-state index contributed by atoms with van der Waals surface area (Å²) in [5.74, 6) is 0. The van der Waals surface area contributed by atoms with Crippen LogP contribution in [0.3, 0.4) is 0 Å². The minimum absolute atomic E-state index is 0.202. The van der Waals surface area contributed by atoms with Gasteiger partial charge in [0, 0.05) is 11.4 Å². The van der Waals surface area contributed by atoms with E-state index in [0.29, 0.717) is 0 Å². The molecule has 0 aliphatic rings. The van der Waals surface area contributed by atoms with Gasteiger partial charge in [-0.2, -0.15) is 0 Å². The first-order valence-electron chi connectivity index (χ1n) is 6.71. The molecule has 2 nitrogen and oxygen atoms in total. The quantitative estimate of drug-likeness (QED) is 0.905. The summed E-state index contributed by atoms with van der Waals surface area (Å²) in [4.78, 5) is 4.58. The van der Waals surface area contributed by atoms with Gasteiger partial charge in [-0.15, -0.1) is 0 Å². The third-order valence-corrected chi connectivity index (χ3v) is 3.61. The molecular formula is C17H22N2. The van der Waals surface area contributed by atoms with E-state index in [1.807, 2.05) is 14.0 Å². The zero-order valence-electron chi connectivity index (χ0n) is 12.4. The minimum atomic E-state index is 0.202. The molecule has 0 aliphatic heterocycles. The standard InChI is InChI=1S/C17H22N2/c1-11-6-7-12(2)16(10-11)17(18-5)15-9-8-13(3)19-14(15)4/h6-10,17-18H,1-5H3. The van der Waals surface area contributed by atoms with E-state index < -0.39 is 0 Å². The Morgan fingerprint density at radius 2 is 1.68 bits per heavy atom. The van der Waals surface area contributed by atoms with Gasteiger partial charge in [0.2, 0.25) is 0 Å². The zero-order chi connectivity index (χ0) is 14.0. The second kappa shape index (κ2) is 5.54. The molecular weight excluding hydrogens is 232 g/mol. The van der Waals surface area contributed by atoms with Crippen molar-refractivity contribution in [3.05, 3.63) is 64.0 Å². The second-order valence-electron chi connectivity index (χ2n) is 5.21. The first-order chi connectivity index (χ1) is 9.02. The number of aromatic nitrogens is 1. The molecule has 1 N–H and O–H groups in total. The molecule has 1 heterocycles. The molecule has 2 heteroatoms. The van der Waals surface area contributed by atoms with E-state index in [4.69, 9.17) is 0 Å². The summed E-state index contributed by atoms with van der Waals surface area (Å²) in [6.07, 6.45) is 0. The van der Waals surface area contributed by atoms with Crippen molar-refractivity contribution < 1.29 is 0 Å². The number of pyridine rings is 1. The number of hydrogen-bond acceptors (Lipinski definition) is 2. The van der Waals surface area contributed by atoms with Crippen LogP contribution in [0, 0.1) is 27.7 Å². The Kier molecular flexibility index (Phi) is 4.01. The van der Waals surface area contributed by atoms with Crippen molar-refractivity contribution in [1.82, 2.24) is 10.3 Å². The summed E-state index contributed by atoms with van der Waals surface area (Å²) in [6, 6.07) is 11.1. The highest BCUT2D eigenvalue weighted by Crippen LogP contribution is 2.27. The number of nitrogens with one attached hydrogen (secondary N) is 1. The summed E-state index contributed by atoms with van der Waals surface area (Å²) in [5.41, 5.74) is 7.35. The van der Waals surface area contributed by atoms with Gasteiger partial charge in [0.25, 0.3) is 0 Å². The molecule has 1 aromatic heterocycles. The normalized spacial score (nSPS) is 12.5. The molecule has 19 heavy (non-hydrogen) atoms. The number of hydrogen-bond donors (Lipinski definition) is 1. The smallest absolute Gasteiger partial charge is 0.0594 e. The van der Waals surface area contributed by atoms with Gasteiger partial charge in [-0.1, -0.05) is 29.8 Å². The van der Waals surface area contributed by atoms with E-state index in [1.54, 1.807) is 0 Å². The predicted molar refractivity (Wildman–Crippen MR) is 80.5 cm³/mol. The fourth-order valence-corrected chi connectivity index (χ4v) is 2.55. The number of benzene rings is 1. The van der Waals surface area contributed by atoms with Crippen LogP contribution >= 0.6 is 0 Å². The van der Waals surface area contributed by atoms with Crippen molar-refractivity contribution >= 4 is 0 Å². The number of rotatable bonds is 3. The maximum Gasteiger partial charge on any atom is 0.0594 e. The van der Waals surface area contributed by atoms with Gasteiger partial charge < -0.3 is 5.32 Å². The Morgan fingerprint density at radius 1 is 0.947 bits per heavy atom. The van der Waals surface area contributed by atoms with Gasteiger partial charge in [0.15, 0.2) is 0 Å².